The molecule has 108 valence electrons. The third-order valence-corrected chi connectivity index (χ3v) is 5.54. The standard InChI is InChI=1S/C16H13BrClNOS/c1-20-13-7-6-10(8-12(13)17)19-9-15-16(18)11-4-2-3-5-14(11)21-15/h2-8,19H,9H2,1H3. The number of ether oxygens (including phenoxy) is 1. The van der Waals surface area contributed by atoms with Gasteiger partial charge in [0, 0.05) is 20.7 Å². The lowest BCUT2D eigenvalue weighted by atomic mass is 10.2. The van der Waals surface area contributed by atoms with Gasteiger partial charge in [0.1, 0.15) is 5.75 Å². The summed E-state index contributed by atoms with van der Waals surface area (Å²) in [5.74, 6) is 0.820. The molecule has 5 heteroatoms. The minimum Gasteiger partial charge on any atom is -0.496 e. The Morgan fingerprint density at radius 1 is 1.24 bits per heavy atom. The second kappa shape index (κ2) is 6.26. The zero-order valence-electron chi connectivity index (χ0n) is 11.3. The molecule has 0 amide bonds. The van der Waals surface area contributed by atoms with E-state index in [-0.39, 0.29) is 0 Å². The third kappa shape index (κ3) is 3.03. The SMILES string of the molecule is COc1ccc(NCc2sc3ccccc3c2Cl)cc1Br. The molecule has 0 aliphatic carbocycles. The molecular weight excluding hydrogens is 370 g/mol. The van der Waals surface area contributed by atoms with Crippen LogP contribution in [-0.4, -0.2) is 7.11 Å². The number of hydrogen-bond acceptors (Lipinski definition) is 3. The van der Waals surface area contributed by atoms with E-state index in [9.17, 15) is 0 Å². The Morgan fingerprint density at radius 2 is 2.05 bits per heavy atom. The van der Waals surface area contributed by atoms with Crippen LogP contribution >= 0.6 is 38.9 Å². The van der Waals surface area contributed by atoms with Crippen molar-refractivity contribution in [3.05, 3.63) is 56.8 Å². The van der Waals surface area contributed by atoms with Gasteiger partial charge in [-0.05, 0) is 40.2 Å². The van der Waals surface area contributed by atoms with Gasteiger partial charge < -0.3 is 10.1 Å². The van der Waals surface area contributed by atoms with Crippen LogP contribution in [-0.2, 0) is 6.54 Å². The Bertz CT molecular complexity index is 787. The summed E-state index contributed by atoms with van der Waals surface area (Å²) in [7, 11) is 1.66. The second-order valence-corrected chi connectivity index (χ2v) is 6.91. The van der Waals surface area contributed by atoms with Crippen LogP contribution in [0.5, 0.6) is 5.75 Å². The largest absolute Gasteiger partial charge is 0.496 e. The fourth-order valence-corrected chi connectivity index (χ4v) is 4.12. The minimum atomic E-state index is 0.705. The molecule has 0 aliphatic rings. The van der Waals surface area contributed by atoms with Crippen LogP contribution in [0.3, 0.4) is 0 Å². The molecule has 2 aromatic carbocycles. The number of hydrogen-bond donors (Lipinski definition) is 1. The first-order valence-electron chi connectivity index (χ1n) is 6.42. The van der Waals surface area contributed by atoms with E-state index < -0.39 is 0 Å². The molecule has 1 N–H and O–H groups in total. The van der Waals surface area contributed by atoms with Gasteiger partial charge in [0.15, 0.2) is 0 Å². The van der Waals surface area contributed by atoms with Gasteiger partial charge in [-0.2, -0.15) is 0 Å². The van der Waals surface area contributed by atoms with Crippen molar-refractivity contribution in [1.29, 1.82) is 0 Å². The molecule has 0 aliphatic heterocycles. The quantitative estimate of drug-likeness (QED) is 0.603. The number of thiophene rings is 1. The molecular formula is C16H13BrClNOS. The van der Waals surface area contributed by atoms with Crippen LogP contribution < -0.4 is 10.1 Å². The zero-order valence-corrected chi connectivity index (χ0v) is 14.5. The Hall–Kier alpha value is -1.23. The summed E-state index contributed by atoms with van der Waals surface area (Å²) in [6.07, 6.45) is 0. The summed E-state index contributed by atoms with van der Waals surface area (Å²) in [4.78, 5) is 1.14. The maximum absolute atomic E-state index is 6.44. The molecule has 0 spiro atoms. The first kappa shape index (κ1) is 14.7. The van der Waals surface area contributed by atoms with Crippen molar-refractivity contribution >= 4 is 54.6 Å². The summed E-state index contributed by atoms with van der Waals surface area (Å²) in [6.45, 7) is 0.705. The van der Waals surface area contributed by atoms with Crippen LogP contribution in [0.15, 0.2) is 46.9 Å². The van der Waals surface area contributed by atoms with E-state index in [1.54, 1.807) is 18.4 Å². The van der Waals surface area contributed by atoms with E-state index in [0.717, 1.165) is 31.2 Å². The van der Waals surface area contributed by atoms with Crippen molar-refractivity contribution in [3.63, 3.8) is 0 Å². The average molecular weight is 383 g/mol. The molecule has 0 saturated heterocycles. The van der Waals surface area contributed by atoms with E-state index in [4.69, 9.17) is 16.3 Å². The lowest BCUT2D eigenvalue weighted by Gasteiger charge is -2.08. The molecule has 0 atom stereocenters. The number of nitrogens with one attached hydrogen (secondary N) is 1. The summed E-state index contributed by atoms with van der Waals surface area (Å²) in [5.41, 5.74) is 1.02. The van der Waals surface area contributed by atoms with E-state index in [0.29, 0.717) is 6.54 Å². The lowest BCUT2D eigenvalue weighted by Crippen LogP contribution is -1.98. The molecule has 0 bridgehead atoms. The maximum Gasteiger partial charge on any atom is 0.133 e. The molecule has 0 unspecified atom stereocenters. The summed E-state index contributed by atoms with van der Waals surface area (Å²) < 4.78 is 7.37. The zero-order chi connectivity index (χ0) is 14.8. The number of fused-ring (bicyclic) bond motifs is 1. The Balaban J connectivity index is 1.80. The lowest BCUT2D eigenvalue weighted by molar-refractivity contribution is 0.412. The average Bonchev–Trinajstić information content (AvgIpc) is 2.82. The molecule has 0 saturated carbocycles. The monoisotopic (exact) mass is 381 g/mol. The number of anilines is 1. The number of methoxy groups -OCH3 is 1. The van der Waals surface area contributed by atoms with Gasteiger partial charge in [-0.25, -0.2) is 0 Å². The summed E-state index contributed by atoms with van der Waals surface area (Å²) in [5, 5.41) is 5.36. The predicted octanol–water partition coefficient (Wildman–Crippen LogP) is 5.94. The van der Waals surface area contributed by atoms with Crippen LogP contribution in [0.4, 0.5) is 5.69 Å². The highest BCUT2D eigenvalue weighted by Crippen LogP contribution is 2.36. The first-order chi connectivity index (χ1) is 10.2. The molecule has 2 nitrogen and oxygen atoms in total. The summed E-state index contributed by atoms with van der Waals surface area (Å²) in [6, 6.07) is 14.1. The minimum absolute atomic E-state index is 0.705. The molecule has 0 radical (unpaired) electrons. The Morgan fingerprint density at radius 3 is 2.76 bits per heavy atom. The van der Waals surface area contributed by atoms with Crippen molar-refractivity contribution in [2.45, 2.75) is 6.54 Å². The van der Waals surface area contributed by atoms with Crippen molar-refractivity contribution in [2.75, 3.05) is 12.4 Å². The fraction of sp³-hybridized carbons (Fsp3) is 0.125. The van der Waals surface area contributed by atoms with Crippen molar-refractivity contribution in [1.82, 2.24) is 0 Å². The van der Waals surface area contributed by atoms with Crippen molar-refractivity contribution < 1.29 is 4.74 Å². The molecule has 3 aromatic rings. The highest BCUT2D eigenvalue weighted by Gasteiger charge is 2.09. The number of rotatable bonds is 4. The van der Waals surface area contributed by atoms with Crippen LogP contribution in [0, 0.1) is 0 Å². The van der Waals surface area contributed by atoms with E-state index in [1.165, 1.54) is 4.70 Å². The van der Waals surface area contributed by atoms with Crippen molar-refractivity contribution in [3.8, 4) is 5.75 Å². The number of halogens is 2. The van der Waals surface area contributed by atoms with Crippen LogP contribution in [0.1, 0.15) is 4.88 Å². The summed E-state index contributed by atoms with van der Waals surface area (Å²) >= 11 is 11.7. The topological polar surface area (TPSA) is 21.3 Å². The second-order valence-electron chi connectivity index (χ2n) is 4.54. The molecule has 1 heterocycles. The smallest absolute Gasteiger partial charge is 0.133 e. The molecule has 0 fully saturated rings. The van der Waals surface area contributed by atoms with Crippen LogP contribution in [0.2, 0.25) is 5.02 Å². The third-order valence-electron chi connectivity index (χ3n) is 3.21. The van der Waals surface area contributed by atoms with Crippen molar-refractivity contribution in [2.24, 2.45) is 0 Å². The predicted molar refractivity (Wildman–Crippen MR) is 94.9 cm³/mol. The normalized spacial score (nSPS) is 10.8. The van der Waals surface area contributed by atoms with Gasteiger partial charge in [0.05, 0.1) is 23.1 Å². The van der Waals surface area contributed by atoms with E-state index >= 15 is 0 Å². The van der Waals surface area contributed by atoms with Gasteiger partial charge in [0.25, 0.3) is 0 Å². The van der Waals surface area contributed by atoms with Gasteiger partial charge in [-0.3, -0.25) is 0 Å². The van der Waals surface area contributed by atoms with Gasteiger partial charge in [-0.15, -0.1) is 11.3 Å². The first-order valence-corrected chi connectivity index (χ1v) is 8.41. The Kier molecular flexibility index (Phi) is 4.38. The highest BCUT2D eigenvalue weighted by molar-refractivity contribution is 9.10. The number of benzene rings is 2. The molecule has 1 aromatic heterocycles. The van der Waals surface area contributed by atoms with Gasteiger partial charge >= 0.3 is 0 Å². The maximum atomic E-state index is 6.44. The molecule has 3 rings (SSSR count). The van der Waals surface area contributed by atoms with E-state index in [2.05, 4.69) is 33.4 Å². The highest BCUT2D eigenvalue weighted by atomic mass is 79.9. The van der Waals surface area contributed by atoms with Gasteiger partial charge in [0.2, 0.25) is 0 Å². The fourth-order valence-electron chi connectivity index (χ4n) is 2.14. The van der Waals surface area contributed by atoms with E-state index in [1.807, 2.05) is 30.3 Å². The van der Waals surface area contributed by atoms with Gasteiger partial charge in [-0.1, -0.05) is 29.8 Å². The Labute approximate surface area is 140 Å². The molecule has 21 heavy (non-hydrogen) atoms. The van der Waals surface area contributed by atoms with Crippen LogP contribution in [0.25, 0.3) is 10.1 Å².